The molecule has 1 aromatic heterocycles. The Morgan fingerprint density at radius 2 is 2.05 bits per heavy atom. The maximum atomic E-state index is 5.02. The molecule has 0 amide bonds. The summed E-state index contributed by atoms with van der Waals surface area (Å²) in [6.45, 7) is 4.60. The molecule has 2 aromatic rings. The molecule has 0 radical (unpaired) electrons. The zero-order valence-electron chi connectivity index (χ0n) is 12.9. The second-order valence-electron chi connectivity index (χ2n) is 4.86. The van der Waals surface area contributed by atoms with Gasteiger partial charge in [-0.25, -0.2) is 4.98 Å². The van der Waals surface area contributed by atoms with Crippen LogP contribution in [0.4, 0.5) is 10.8 Å². The quantitative estimate of drug-likeness (QED) is 0.760. The van der Waals surface area contributed by atoms with Crippen LogP contribution in [0.15, 0.2) is 30.5 Å². The Bertz CT molecular complexity index is 539. The van der Waals surface area contributed by atoms with E-state index in [4.69, 9.17) is 4.74 Å². The number of hydrogen-bond acceptors (Lipinski definition) is 5. The minimum atomic E-state index is 0.731. The highest BCUT2D eigenvalue weighted by atomic mass is 32.1. The average molecular weight is 305 g/mol. The van der Waals surface area contributed by atoms with Crippen molar-refractivity contribution >= 4 is 22.2 Å². The lowest BCUT2D eigenvalue weighted by Gasteiger charge is -2.16. The lowest BCUT2D eigenvalue weighted by Crippen LogP contribution is -2.17. The standard InChI is InChI=1S/C16H23N3OS/c1-4-13-5-7-14(8-6-13)19(2)16-18-12-15(21-16)11-17-9-10-20-3/h5-8,12,17H,4,9-11H2,1-3H3. The molecule has 0 fully saturated rings. The van der Waals surface area contributed by atoms with Gasteiger partial charge in [0.15, 0.2) is 5.13 Å². The van der Waals surface area contributed by atoms with Crippen molar-refractivity contribution in [3.05, 3.63) is 40.9 Å². The van der Waals surface area contributed by atoms with Crippen LogP contribution in [-0.4, -0.2) is 32.3 Å². The number of methoxy groups -OCH3 is 1. The van der Waals surface area contributed by atoms with Crippen LogP contribution in [0, 0.1) is 0 Å². The van der Waals surface area contributed by atoms with Crippen LogP contribution >= 0.6 is 11.3 Å². The zero-order chi connectivity index (χ0) is 15.1. The number of aryl methyl sites for hydroxylation is 1. The second kappa shape index (κ2) is 8.12. The van der Waals surface area contributed by atoms with E-state index in [0.29, 0.717) is 0 Å². The number of aromatic nitrogens is 1. The van der Waals surface area contributed by atoms with Crippen LogP contribution in [0.25, 0.3) is 0 Å². The first-order valence-corrected chi connectivity index (χ1v) is 8.03. The third-order valence-electron chi connectivity index (χ3n) is 3.34. The summed E-state index contributed by atoms with van der Waals surface area (Å²) >= 11 is 1.72. The van der Waals surface area contributed by atoms with Crippen molar-refractivity contribution in [1.82, 2.24) is 10.3 Å². The SMILES string of the molecule is CCc1ccc(N(C)c2ncc(CNCCOC)s2)cc1. The fraction of sp³-hybridized carbons (Fsp3) is 0.438. The van der Waals surface area contributed by atoms with E-state index in [9.17, 15) is 0 Å². The van der Waals surface area contributed by atoms with Gasteiger partial charge in [-0.2, -0.15) is 0 Å². The largest absolute Gasteiger partial charge is 0.383 e. The Kier molecular flexibility index (Phi) is 6.17. The molecule has 0 saturated carbocycles. The van der Waals surface area contributed by atoms with Gasteiger partial charge in [0.25, 0.3) is 0 Å². The highest BCUT2D eigenvalue weighted by Crippen LogP contribution is 2.28. The third kappa shape index (κ3) is 4.52. The van der Waals surface area contributed by atoms with E-state index in [2.05, 4.69) is 53.4 Å². The van der Waals surface area contributed by atoms with Crippen LogP contribution in [0.2, 0.25) is 0 Å². The molecule has 4 nitrogen and oxygen atoms in total. The van der Waals surface area contributed by atoms with E-state index in [-0.39, 0.29) is 0 Å². The topological polar surface area (TPSA) is 37.4 Å². The van der Waals surface area contributed by atoms with E-state index in [1.165, 1.54) is 16.1 Å². The molecule has 5 heteroatoms. The first kappa shape index (κ1) is 15.9. The van der Waals surface area contributed by atoms with Gasteiger partial charge >= 0.3 is 0 Å². The number of nitrogens with one attached hydrogen (secondary N) is 1. The van der Waals surface area contributed by atoms with Gasteiger partial charge in [0.2, 0.25) is 0 Å². The molecule has 114 valence electrons. The minimum absolute atomic E-state index is 0.731. The summed E-state index contributed by atoms with van der Waals surface area (Å²) in [5.41, 5.74) is 2.52. The fourth-order valence-corrected chi connectivity index (χ4v) is 2.85. The Morgan fingerprint density at radius 3 is 2.71 bits per heavy atom. The van der Waals surface area contributed by atoms with Crippen molar-refractivity contribution < 1.29 is 4.74 Å². The van der Waals surface area contributed by atoms with Gasteiger partial charge in [-0.05, 0) is 24.1 Å². The molecule has 1 N–H and O–H groups in total. The third-order valence-corrected chi connectivity index (χ3v) is 4.42. The second-order valence-corrected chi connectivity index (χ2v) is 5.95. The average Bonchev–Trinajstić information content (AvgIpc) is 3.00. The number of benzene rings is 1. The fourth-order valence-electron chi connectivity index (χ4n) is 1.99. The highest BCUT2D eigenvalue weighted by molar-refractivity contribution is 7.15. The lowest BCUT2D eigenvalue weighted by atomic mass is 10.1. The molecule has 0 unspecified atom stereocenters. The molecule has 21 heavy (non-hydrogen) atoms. The van der Waals surface area contributed by atoms with Gasteiger partial charge in [0, 0.05) is 44.0 Å². The minimum Gasteiger partial charge on any atom is -0.383 e. The van der Waals surface area contributed by atoms with E-state index in [0.717, 1.165) is 31.2 Å². The van der Waals surface area contributed by atoms with Crippen molar-refractivity contribution in [2.45, 2.75) is 19.9 Å². The molecular formula is C16H23N3OS. The summed E-state index contributed by atoms with van der Waals surface area (Å²) in [7, 11) is 3.77. The molecule has 0 aliphatic carbocycles. The van der Waals surface area contributed by atoms with Crippen molar-refractivity contribution in [2.24, 2.45) is 0 Å². The predicted molar refractivity (Wildman–Crippen MR) is 89.6 cm³/mol. The van der Waals surface area contributed by atoms with Gasteiger partial charge in [-0.1, -0.05) is 19.1 Å². The Morgan fingerprint density at radius 1 is 1.29 bits per heavy atom. The van der Waals surface area contributed by atoms with E-state index in [1.807, 2.05) is 6.20 Å². The van der Waals surface area contributed by atoms with E-state index in [1.54, 1.807) is 18.4 Å². The van der Waals surface area contributed by atoms with Gasteiger partial charge in [-0.3, -0.25) is 0 Å². The lowest BCUT2D eigenvalue weighted by molar-refractivity contribution is 0.199. The number of thiazole rings is 1. The molecule has 0 saturated heterocycles. The van der Waals surface area contributed by atoms with Crippen molar-refractivity contribution in [3.63, 3.8) is 0 Å². The summed E-state index contributed by atoms with van der Waals surface area (Å²) in [5, 5.41) is 4.35. The monoisotopic (exact) mass is 305 g/mol. The molecule has 0 aliphatic rings. The smallest absolute Gasteiger partial charge is 0.189 e. The first-order chi connectivity index (χ1) is 10.2. The van der Waals surface area contributed by atoms with Crippen molar-refractivity contribution in [1.29, 1.82) is 0 Å². The molecule has 1 heterocycles. The van der Waals surface area contributed by atoms with Crippen LogP contribution in [0.3, 0.4) is 0 Å². The van der Waals surface area contributed by atoms with Crippen LogP contribution in [-0.2, 0) is 17.7 Å². The summed E-state index contributed by atoms with van der Waals surface area (Å²) in [4.78, 5) is 7.87. The summed E-state index contributed by atoms with van der Waals surface area (Å²) in [6, 6.07) is 8.65. The number of nitrogens with zero attached hydrogens (tertiary/aromatic N) is 2. The summed E-state index contributed by atoms with van der Waals surface area (Å²) < 4.78 is 5.02. The normalized spacial score (nSPS) is 10.8. The molecule has 0 spiro atoms. The highest BCUT2D eigenvalue weighted by Gasteiger charge is 2.09. The molecule has 2 rings (SSSR count). The molecule has 0 aliphatic heterocycles. The Hall–Kier alpha value is -1.43. The first-order valence-electron chi connectivity index (χ1n) is 7.21. The number of anilines is 2. The molecule has 0 bridgehead atoms. The predicted octanol–water partition coefficient (Wildman–Crippen LogP) is 3.21. The zero-order valence-corrected chi connectivity index (χ0v) is 13.7. The summed E-state index contributed by atoms with van der Waals surface area (Å²) in [6.07, 6.45) is 3.01. The number of hydrogen-bond donors (Lipinski definition) is 1. The van der Waals surface area contributed by atoms with E-state index >= 15 is 0 Å². The van der Waals surface area contributed by atoms with Gasteiger partial charge < -0.3 is 15.0 Å². The van der Waals surface area contributed by atoms with E-state index < -0.39 is 0 Å². The van der Waals surface area contributed by atoms with Gasteiger partial charge in [0.1, 0.15) is 0 Å². The number of ether oxygens (including phenoxy) is 1. The van der Waals surface area contributed by atoms with Crippen LogP contribution < -0.4 is 10.2 Å². The number of rotatable bonds is 8. The Labute approximate surface area is 130 Å². The molecule has 1 aromatic carbocycles. The van der Waals surface area contributed by atoms with Gasteiger partial charge in [-0.15, -0.1) is 11.3 Å². The van der Waals surface area contributed by atoms with Crippen molar-refractivity contribution in [3.8, 4) is 0 Å². The van der Waals surface area contributed by atoms with Gasteiger partial charge in [0.05, 0.1) is 6.61 Å². The molecular weight excluding hydrogens is 282 g/mol. The summed E-state index contributed by atoms with van der Waals surface area (Å²) in [5.74, 6) is 0. The van der Waals surface area contributed by atoms with Crippen LogP contribution in [0.5, 0.6) is 0 Å². The molecule has 0 atom stereocenters. The van der Waals surface area contributed by atoms with Crippen LogP contribution in [0.1, 0.15) is 17.4 Å². The maximum Gasteiger partial charge on any atom is 0.189 e. The maximum absolute atomic E-state index is 5.02. The Balaban J connectivity index is 1.95. The van der Waals surface area contributed by atoms with Crippen molar-refractivity contribution in [2.75, 3.05) is 32.2 Å².